The monoisotopic (exact) mass is 1860 g/mol. The number of anilines is 4. The highest BCUT2D eigenvalue weighted by molar-refractivity contribution is 6.32. The molecule has 14 rings (SSSR count). The summed E-state index contributed by atoms with van der Waals surface area (Å²) < 4.78 is 170. The molecular formula is C76H86Cl4F13N25O8. The lowest BCUT2D eigenvalue weighted by molar-refractivity contribution is -0.141. The van der Waals surface area contributed by atoms with Crippen molar-refractivity contribution in [2.75, 3.05) is 79.4 Å². The molecule has 0 bridgehead atoms. The number of aromatic amines is 4. The molecule has 12 aromatic rings. The maximum atomic E-state index is 14.5. The molecular weight excluding hydrogens is 1780 g/mol. The Morgan fingerprint density at radius 3 is 1.49 bits per heavy atom. The number of hydrogen-bond acceptors (Lipinski definition) is 24. The van der Waals surface area contributed by atoms with E-state index in [2.05, 4.69) is 97.0 Å². The van der Waals surface area contributed by atoms with Crippen molar-refractivity contribution >= 4 is 144 Å². The van der Waals surface area contributed by atoms with Crippen LogP contribution < -0.4 is 41.7 Å². The summed E-state index contributed by atoms with van der Waals surface area (Å²) in [4.78, 5) is 129. The van der Waals surface area contributed by atoms with Gasteiger partial charge in [-0.2, -0.15) is 52.7 Å². The molecule has 0 radical (unpaired) electrons. The van der Waals surface area contributed by atoms with Gasteiger partial charge < -0.3 is 81.5 Å². The van der Waals surface area contributed by atoms with Crippen LogP contribution in [-0.2, 0) is 23.9 Å². The van der Waals surface area contributed by atoms with E-state index in [0.717, 1.165) is 6.20 Å². The molecule has 2 fully saturated rings. The van der Waals surface area contributed by atoms with Crippen LogP contribution in [0.1, 0.15) is 50.5 Å². The van der Waals surface area contributed by atoms with Crippen LogP contribution in [0, 0.1) is 11.7 Å². The number of halogens is 17. The fourth-order valence-corrected chi connectivity index (χ4v) is 13.3. The van der Waals surface area contributed by atoms with Gasteiger partial charge in [0.1, 0.15) is 90.7 Å². The number of fused-ring (bicyclic) bond motifs is 4. The van der Waals surface area contributed by atoms with Crippen molar-refractivity contribution in [2.24, 2.45) is 5.92 Å². The van der Waals surface area contributed by atoms with E-state index < -0.39 is 122 Å². The van der Waals surface area contributed by atoms with Crippen LogP contribution in [0.2, 0.25) is 20.1 Å². The Labute approximate surface area is 733 Å². The van der Waals surface area contributed by atoms with Gasteiger partial charge in [0.05, 0.1) is 45.1 Å². The molecule has 50 heteroatoms. The van der Waals surface area contributed by atoms with E-state index in [4.69, 9.17) is 51.1 Å². The number of H-pyrrole nitrogens is 4. The fourth-order valence-electron chi connectivity index (χ4n) is 12.7. The van der Waals surface area contributed by atoms with Crippen molar-refractivity contribution in [1.29, 1.82) is 0 Å². The van der Waals surface area contributed by atoms with Crippen molar-refractivity contribution < 1.29 is 106 Å². The summed E-state index contributed by atoms with van der Waals surface area (Å²) in [6.45, 7) is 3.82. The topological polar surface area (TPSA) is 435 Å². The molecule has 5 amide bonds. The average Bonchev–Trinajstić information content (AvgIpc) is 1.69. The molecule has 2 aliphatic rings. The van der Waals surface area contributed by atoms with Crippen molar-refractivity contribution in [3.8, 4) is 51.3 Å². The highest BCUT2D eigenvalue weighted by Gasteiger charge is 2.43. The van der Waals surface area contributed by atoms with E-state index in [1.54, 1.807) is 74.3 Å². The molecule has 5 atom stereocenters. The Bertz CT molecular complexity index is 5980. The number of aliphatic hydroxyl groups is 1. The summed E-state index contributed by atoms with van der Waals surface area (Å²) in [7, 11) is 0. The summed E-state index contributed by atoms with van der Waals surface area (Å²) in [5.74, 6) is -4.15. The molecule has 0 aromatic carbocycles. The molecule has 682 valence electrons. The Morgan fingerprint density at radius 1 is 0.571 bits per heavy atom. The molecule has 12 aromatic heterocycles. The molecule has 0 saturated carbocycles. The van der Waals surface area contributed by atoms with Crippen LogP contribution >= 0.6 is 46.4 Å². The lowest BCUT2D eigenvalue weighted by Crippen LogP contribution is -2.61. The van der Waals surface area contributed by atoms with Crippen molar-refractivity contribution in [1.82, 2.24) is 106 Å². The number of aliphatic hydroxyl groups excluding tert-OH is 1. The van der Waals surface area contributed by atoms with Crippen LogP contribution in [0.25, 0.3) is 89.7 Å². The first-order valence-corrected chi connectivity index (χ1v) is 38.9. The van der Waals surface area contributed by atoms with Crippen LogP contribution in [0.15, 0.2) is 123 Å². The van der Waals surface area contributed by atoms with Crippen LogP contribution in [0.5, 0.6) is 5.75 Å². The summed E-state index contributed by atoms with van der Waals surface area (Å²) in [6.07, 6.45) is -0.511. The quantitative estimate of drug-likeness (QED) is 0.0221. The molecule has 126 heavy (non-hydrogen) atoms. The molecule has 14 heterocycles. The third-order valence-electron chi connectivity index (χ3n) is 19.0. The van der Waals surface area contributed by atoms with Crippen LogP contribution in [0.4, 0.5) is 85.1 Å². The first-order valence-electron chi connectivity index (χ1n) is 37.4. The minimum absolute atomic E-state index is 0. The summed E-state index contributed by atoms with van der Waals surface area (Å²) in [6, 6.07) is 6.30. The molecule has 12 N–H and O–H groups in total. The molecule has 2 aliphatic heterocycles. The van der Waals surface area contributed by atoms with Crippen molar-refractivity contribution in [2.45, 2.75) is 95.0 Å². The normalized spacial score (nSPS) is 15.3. The number of ether oxygens (including phenoxy) is 1. The predicted octanol–water partition coefficient (Wildman–Crippen LogP) is 14.7. The molecule has 0 unspecified atom stereocenters. The molecule has 2 saturated heterocycles. The minimum Gasteiger partial charge on any atom is -0.503 e. The number of hydrogen-bond donors (Lipinski definition) is 12. The number of rotatable bonds is 22. The summed E-state index contributed by atoms with van der Waals surface area (Å²) >= 11 is 24.1. The van der Waals surface area contributed by atoms with E-state index in [0.29, 0.717) is 118 Å². The maximum absolute atomic E-state index is 14.5. The van der Waals surface area contributed by atoms with E-state index in [1.165, 1.54) is 84.1 Å². The zero-order valence-electron chi connectivity index (χ0n) is 65.8. The second kappa shape index (κ2) is 39.6. The van der Waals surface area contributed by atoms with E-state index in [1.807, 2.05) is 16.0 Å². The van der Waals surface area contributed by atoms with Gasteiger partial charge >= 0.3 is 30.8 Å². The van der Waals surface area contributed by atoms with Gasteiger partial charge in [0.25, 0.3) is 0 Å². The lowest BCUT2D eigenvalue weighted by Gasteiger charge is -2.40. The van der Waals surface area contributed by atoms with Gasteiger partial charge in [-0.3, -0.25) is 19.2 Å². The SMILES string of the molecule is C=CCOC(=O)N1CCN(c2ccnc(-c3c[nH]c4ncc(Cl)cc34)n2)[C@H](C(=O)NCC(F)(F)F)C1.CC(C)[C@@](C)(Nc1nc(-c2c[nH]c3ncc(Cl)cc23)ncc1F)C(=O)NCC(F)(F)F.C[C@@H](O)[C@@H](Nc1ccnc(-c2c[nH]c3ncc(Cl)cc23)n1)C(=O)NCC(F)(F)F.O=C(NCC(F)(F)F)[C@H]1CCCN1c1nc(-c2c[nH]c3ncc(Cl)cc23)ncc1O.[HH].[HH].[HH].[HH].[HH].[HH].[HH]. The number of carbonyl (C=O) groups is 5. The van der Waals surface area contributed by atoms with Crippen LogP contribution in [0.3, 0.4) is 0 Å². The number of alkyl halides is 12. The summed E-state index contributed by atoms with van der Waals surface area (Å²) in [5, 5.41) is 37.0. The second-order valence-corrected chi connectivity index (χ2v) is 30.1. The van der Waals surface area contributed by atoms with Crippen molar-refractivity contribution in [3.63, 3.8) is 0 Å². The molecule has 0 aliphatic carbocycles. The van der Waals surface area contributed by atoms with Crippen LogP contribution in [-0.4, -0.2) is 238 Å². The average molecular weight is 1870 g/mol. The second-order valence-electron chi connectivity index (χ2n) is 28.3. The first kappa shape index (κ1) is 93.9. The molecule has 33 nitrogen and oxygen atoms in total. The maximum Gasteiger partial charge on any atom is 0.410 e. The summed E-state index contributed by atoms with van der Waals surface area (Å²) in [5.41, 5.74) is 2.90. The predicted molar refractivity (Wildman–Crippen MR) is 452 cm³/mol. The van der Waals surface area contributed by atoms with Gasteiger partial charge in [-0.1, -0.05) is 72.9 Å². The number of aromatic hydroxyl groups is 1. The van der Waals surface area contributed by atoms with E-state index in [-0.39, 0.29) is 76.9 Å². The lowest BCUT2D eigenvalue weighted by atomic mass is 9.87. The third-order valence-corrected chi connectivity index (χ3v) is 19.9. The number of piperazine rings is 1. The van der Waals surface area contributed by atoms with E-state index in [9.17, 15) is 91.3 Å². The Kier molecular flexibility index (Phi) is 29.5. The van der Waals surface area contributed by atoms with Gasteiger partial charge in [0.2, 0.25) is 23.6 Å². The van der Waals surface area contributed by atoms with Crippen molar-refractivity contribution in [3.05, 3.63) is 149 Å². The van der Waals surface area contributed by atoms with E-state index >= 15 is 0 Å². The minimum atomic E-state index is -4.59. The smallest absolute Gasteiger partial charge is 0.410 e. The largest absolute Gasteiger partial charge is 0.503 e. The van der Waals surface area contributed by atoms with Gasteiger partial charge in [0.15, 0.2) is 46.5 Å². The number of pyridine rings is 4. The fraction of sp³-hybridized carbons (Fsp3) is 0.329. The number of aromatic nitrogens is 16. The number of carbonyl (C=O) groups excluding carboxylic acids is 5. The van der Waals surface area contributed by atoms with Gasteiger partial charge in [0, 0.05) is 135 Å². The number of nitrogens with one attached hydrogen (secondary N) is 10. The Morgan fingerprint density at radius 2 is 1.02 bits per heavy atom. The zero-order chi connectivity index (χ0) is 91.5. The highest BCUT2D eigenvalue weighted by Crippen LogP contribution is 2.38. The standard InChI is InChI=1S/C22H21ClF3N7O3.C19H19ClF4N6O.C18H16ClF3N6O2.C17H16ClF3N6O2.7H2/c1-2-7-36-21(35)32-5-6-33(16(11-32)20(34)30-12-22(24,25)26)17-3-4-27-19(31-17)15-10-29-18-14(15)8-13(23)9-28-18;1-9(2)18(3,17(31)28-8-19(22,23)24)30-16-13(21)7-27-15(29-16)12-6-26-14-11(12)4-10(20)5-25-14;19-9-4-10-11(6-24-14(10)23-5-9)15-25-7-13(29)16(27-15)28-3-1-2-12(28)17(30)26-8-18(20,21)22;1-8(28)13(16(29)25-7-17(19,20)21)26-12-2-3-22-15(27-12)11-6-24-14-10(11)4-9(18)5-23-14;;;;;;;/h2-4,8-10,16H,1,5-7,11-12H2,(H,28,29)(H,30,34);4-7,9H,8H2,1-3H3,(H,25,26)(H,28,31)(H,27,29,30);4-7,12,29H,1-3,8H2,(H,23,24)(H,26,30);2-6,8,13,28H,7H2,1H3,(H,23,24)(H,25,29)(H,22,26,27);7*1H/t16-;18-;12-;8-,13-;;;;;;;/m0111......./s1. The molecule has 0 spiro atoms. The van der Waals surface area contributed by atoms with Gasteiger partial charge in [-0.15, -0.1) is 0 Å². The number of amides is 5. The Hall–Kier alpha value is -12.8. The Balaban J connectivity index is 0.000000366. The third kappa shape index (κ3) is 24.0. The highest BCUT2D eigenvalue weighted by atomic mass is 35.5. The number of nitrogens with zero attached hydrogens (tertiary/aromatic N) is 15. The first-order chi connectivity index (χ1) is 59.4. The van der Waals surface area contributed by atoms with Gasteiger partial charge in [-0.25, -0.2) is 69.0 Å². The van der Waals surface area contributed by atoms with Gasteiger partial charge in [-0.05, 0) is 69.0 Å². The zero-order valence-corrected chi connectivity index (χ0v) is 68.8.